The van der Waals surface area contributed by atoms with E-state index in [1.807, 2.05) is 21.5 Å². The summed E-state index contributed by atoms with van der Waals surface area (Å²) in [4.78, 5) is 0. The Labute approximate surface area is 113 Å². The first kappa shape index (κ1) is 11.7. The SMILES string of the molecule is c1scc2c1OCCOc1cscc1OCCO2. The fourth-order valence-electron chi connectivity index (χ4n) is 1.57. The Hall–Kier alpha value is -1.40. The number of hydrogen-bond donors (Lipinski definition) is 0. The molecule has 3 rings (SSSR count). The summed E-state index contributed by atoms with van der Waals surface area (Å²) in [5, 5.41) is 7.71. The van der Waals surface area contributed by atoms with E-state index in [1.54, 1.807) is 22.7 Å². The van der Waals surface area contributed by atoms with E-state index in [0.717, 1.165) is 23.0 Å². The van der Waals surface area contributed by atoms with Gasteiger partial charge in [0.2, 0.25) is 0 Å². The van der Waals surface area contributed by atoms with Crippen molar-refractivity contribution in [3.05, 3.63) is 21.5 Å². The molecule has 0 N–H and O–H groups in total. The van der Waals surface area contributed by atoms with Crippen LogP contribution in [0, 0.1) is 0 Å². The van der Waals surface area contributed by atoms with Gasteiger partial charge in [-0.1, -0.05) is 0 Å². The maximum atomic E-state index is 5.61. The Morgan fingerprint density at radius 1 is 0.556 bits per heavy atom. The maximum absolute atomic E-state index is 5.61. The molecule has 0 atom stereocenters. The summed E-state index contributed by atoms with van der Waals surface area (Å²) in [6, 6.07) is 0. The van der Waals surface area contributed by atoms with Gasteiger partial charge in [-0.2, -0.15) is 0 Å². The second kappa shape index (κ2) is 5.49. The van der Waals surface area contributed by atoms with Crippen molar-refractivity contribution in [3.63, 3.8) is 0 Å². The zero-order valence-electron chi connectivity index (χ0n) is 9.59. The Bertz CT molecular complexity index is 418. The molecule has 0 bridgehead atoms. The molecule has 0 fully saturated rings. The van der Waals surface area contributed by atoms with E-state index in [4.69, 9.17) is 18.9 Å². The van der Waals surface area contributed by atoms with Crippen molar-refractivity contribution >= 4 is 22.7 Å². The normalized spacial score (nSPS) is 15.6. The lowest BCUT2D eigenvalue weighted by Gasteiger charge is -2.13. The lowest BCUT2D eigenvalue weighted by molar-refractivity contribution is 0.173. The minimum absolute atomic E-state index is 0.488. The zero-order valence-corrected chi connectivity index (χ0v) is 11.2. The molecular formula is C12H12O4S2. The first-order valence-corrected chi connectivity index (χ1v) is 7.45. The van der Waals surface area contributed by atoms with Crippen molar-refractivity contribution in [2.24, 2.45) is 0 Å². The van der Waals surface area contributed by atoms with Gasteiger partial charge in [-0.3, -0.25) is 0 Å². The maximum Gasteiger partial charge on any atom is 0.172 e. The molecule has 4 nitrogen and oxygen atoms in total. The third kappa shape index (κ3) is 2.54. The molecule has 0 spiro atoms. The van der Waals surface area contributed by atoms with Gasteiger partial charge in [0, 0.05) is 21.5 Å². The predicted octanol–water partition coefficient (Wildman–Crippen LogP) is 3.04. The van der Waals surface area contributed by atoms with Gasteiger partial charge in [0.1, 0.15) is 26.4 Å². The number of hydrogen-bond acceptors (Lipinski definition) is 6. The van der Waals surface area contributed by atoms with Crippen molar-refractivity contribution in [1.29, 1.82) is 0 Å². The van der Waals surface area contributed by atoms with Crippen LogP contribution in [-0.2, 0) is 0 Å². The quantitative estimate of drug-likeness (QED) is 0.745. The van der Waals surface area contributed by atoms with Crippen LogP contribution in [0.4, 0.5) is 0 Å². The minimum atomic E-state index is 0.488. The van der Waals surface area contributed by atoms with Crippen LogP contribution in [0.25, 0.3) is 0 Å². The number of fused-ring (bicyclic) bond motifs is 2. The standard InChI is InChI=1S/C12H12O4S2/c1-2-14-11-7-18-8-12(11)16-4-3-15-10-6-17-5-9(10)13-1/h5-8H,1-4H2. The first-order valence-electron chi connectivity index (χ1n) is 5.57. The molecule has 0 saturated carbocycles. The summed E-state index contributed by atoms with van der Waals surface area (Å²) in [7, 11) is 0. The molecular weight excluding hydrogens is 272 g/mol. The van der Waals surface area contributed by atoms with Crippen LogP contribution >= 0.6 is 22.7 Å². The highest BCUT2D eigenvalue weighted by Gasteiger charge is 2.11. The smallest absolute Gasteiger partial charge is 0.172 e. The van der Waals surface area contributed by atoms with Gasteiger partial charge in [-0.15, -0.1) is 22.7 Å². The summed E-state index contributed by atoms with van der Waals surface area (Å²) in [5.41, 5.74) is 0. The topological polar surface area (TPSA) is 36.9 Å². The zero-order chi connectivity index (χ0) is 12.2. The van der Waals surface area contributed by atoms with Gasteiger partial charge in [0.15, 0.2) is 23.0 Å². The summed E-state index contributed by atoms with van der Waals surface area (Å²) in [6.07, 6.45) is 0. The van der Waals surface area contributed by atoms with Gasteiger partial charge in [0.05, 0.1) is 0 Å². The lowest BCUT2D eigenvalue weighted by atomic mass is 10.5. The van der Waals surface area contributed by atoms with E-state index in [-0.39, 0.29) is 0 Å². The highest BCUT2D eigenvalue weighted by Crippen LogP contribution is 2.33. The fraction of sp³-hybridized carbons (Fsp3) is 0.333. The van der Waals surface area contributed by atoms with E-state index in [0.29, 0.717) is 26.4 Å². The highest BCUT2D eigenvalue weighted by molar-refractivity contribution is 7.08. The molecule has 2 aromatic rings. The van der Waals surface area contributed by atoms with Crippen molar-refractivity contribution in [2.45, 2.75) is 0 Å². The summed E-state index contributed by atoms with van der Waals surface area (Å²) in [6.45, 7) is 1.95. The highest BCUT2D eigenvalue weighted by atomic mass is 32.1. The molecule has 0 aliphatic carbocycles. The van der Waals surface area contributed by atoms with Gasteiger partial charge in [0.25, 0.3) is 0 Å². The van der Waals surface area contributed by atoms with Crippen molar-refractivity contribution in [1.82, 2.24) is 0 Å². The lowest BCUT2D eigenvalue weighted by Crippen LogP contribution is -2.13. The Morgan fingerprint density at radius 2 is 0.833 bits per heavy atom. The molecule has 0 aromatic carbocycles. The Morgan fingerprint density at radius 3 is 1.11 bits per heavy atom. The van der Waals surface area contributed by atoms with Crippen LogP contribution in [0.2, 0.25) is 0 Å². The molecule has 0 amide bonds. The van der Waals surface area contributed by atoms with Crippen LogP contribution in [-0.4, -0.2) is 26.4 Å². The molecule has 0 unspecified atom stereocenters. The van der Waals surface area contributed by atoms with Crippen molar-refractivity contribution in [2.75, 3.05) is 26.4 Å². The molecule has 0 radical (unpaired) electrons. The van der Waals surface area contributed by atoms with Crippen molar-refractivity contribution < 1.29 is 18.9 Å². The second-order valence-corrected chi connectivity index (χ2v) is 5.08. The van der Waals surface area contributed by atoms with E-state index < -0.39 is 0 Å². The Balaban J connectivity index is 1.71. The first-order chi connectivity index (χ1) is 8.93. The summed E-state index contributed by atoms with van der Waals surface area (Å²) >= 11 is 3.11. The van der Waals surface area contributed by atoms with Crippen LogP contribution in [0.3, 0.4) is 0 Å². The van der Waals surface area contributed by atoms with E-state index >= 15 is 0 Å². The van der Waals surface area contributed by atoms with Gasteiger partial charge < -0.3 is 18.9 Å². The molecule has 3 heterocycles. The monoisotopic (exact) mass is 284 g/mol. The Kier molecular flexibility index (Phi) is 3.56. The van der Waals surface area contributed by atoms with E-state index in [1.165, 1.54) is 0 Å². The number of rotatable bonds is 0. The summed E-state index contributed by atoms with van der Waals surface area (Å²) in [5.74, 6) is 3.09. The second-order valence-electron chi connectivity index (χ2n) is 3.59. The van der Waals surface area contributed by atoms with E-state index in [2.05, 4.69) is 0 Å². The third-order valence-electron chi connectivity index (χ3n) is 2.38. The van der Waals surface area contributed by atoms with Gasteiger partial charge >= 0.3 is 0 Å². The van der Waals surface area contributed by atoms with Crippen LogP contribution < -0.4 is 18.9 Å². The average molecular weight is 284 g/mol. The van der Waals surface area contributed by atoms with Crippen LogP contribution in [0.15, 0.2) is 21.5 Å². The molecule has 18 heavy (non-hydrogen) atoms. The molecule has 1 aliphatic heterocycles. The van der Waals surface area contributed by atoms with E-state index in [9.17, 15) is 0 Å². The van der Waals surface area contributed by atoms with Crippen molar-refractivity contribution in [3.8, 4) is 23.0 Å². The molecule has 2 aromatic heterocycles. The fourth-order valence-corrected chi connectivity index (χ4v) is 2.94. The van der Waals surface area contributed by atoms with Gasteiger partial charge in [-0.25, -0.2) is 0 Å². The summed E-state index contributed by atoms with van der Waals surface area (Å²) < 4.78 is 22.5. The van der Waals surface area contributed by atoms with Gasteiger partial charge in [-0.05, 0) is 0 Å². The third-order valence-corrected chi connectivity index (χ3v) is 3.78. The molecule has 96 valence electrons. The average Bonchev–Trinajstić information content (AvgIpc) is 2.98. The van der Waals surface area contributed by atoms with Crippen LogP contribution in [0.5, 0.6) is 23.0 Å². The largest absolute Gasteiger partial charge is 0.485 e. The van der Waals surface area contributed by atoms with Crippen LogP contribution in [0.1, 0.15) is 0 Å². The predicted molar refractivity (Wildman–Crippen MR) is 70.6 cm³/mol. The number of thiophene rings is 2. The minimum Gasteiger partial charge on any atom is -0.485 e. The molecule has 1 aliphatic rings. The molecule has 0 saturated heterocycles. The number of ether oxygens (including phenoxy) is 4. The molecule has 6 heteroatoms.